The third-order valence-corrected chi connectivity index (χ3v) is 8.33. The molecule has 0 saturated carbocycles. The largest absolute Gasteiger partial charge is 0.478 e. The lowest BCUT2D eigenvalue weighted by Crippen LogP contribution is -2.29. The number of thiocarbonyl (C=S) groups is 1. The van der Waals surface area contributed by atoms with Crippen LogP contribution in [0.25, 0.3) is 5.69 Å². The lowest BCUT2D eigenvalue weighted by molar-refractivity contribution is 0.0697. The number of pyridine rings is 1. The number of nitrogens with zero attached hydrogens (tertiary/aromatic N) is 3. The van der Waals surface area contributed by atoms with Crippen LogP contribution in [0, 0.1) is 27.7 Å². The Balaban J connectivity index is 1.44. The summed E-state index contributed by atoms with van der Waals surface area (Å²) in [7, 11) is 0. The fraction of sp³-hybridized carbons (Fsp3) is 0.171. The number of ether oxygens (including phenoxy) is 1. The van der Waals surface area contributed by atoms with Crippen LogP contribution in [0.1, 0.15) is 56.2 Å². The van der Waals surface area contributed by atoms with Crippen molar-refractivity contribution in [2.24, 2.45) is 0 Å². The van der Waals surface area contributed by atoms with E-state index in [4.69, 9.17) is 17.0 Å². The third-order valence-electron chi connectivity index (χ3n) is 8.02. The predicted octanol–water partition coefficient (Wildman–Crippen LogP) is 7.77. The van der Waals surface area contributed by atoms with Gasteiger partial charge < -0.3 is 24.6 Å². The molecule has 0 radical (unpaired) electrons. The van der Waals surface area contributed by atoms with E-state index < -0.39 is 5.97 Å². The van der Waals surface area contributed by atoms with Crippen molar-refractivity contribution >= 4 is 29.0 Å². The van der Waals surface area contributed by atoms with Gasteiger partial charge in [-0.3, -0.25) is 4.98 Å². The molecular formula is C35H32N4O3S. The molecule has 2 N–H and O–H groups in total. The second-order valence-corrected chi connectivity index (χ2v) is 11.2. The van der Waals surface area contributed by atoms with Crippen LogP contribution in [0.4, 0.5) is 5.69 Å². The van der Waals surface area contributed by atoms with Gasteiger partial charge in [0, 0.05) is 29.0 Å². The molecule has 2 aromatic heterocycles. The van der Waals surface area contributed by atoms with Gasteiger partial charge in [-0.25, -0.2) is 4.79 Å². The summed E-state index contributed by atoms with van der Waals surface area (Å²) in [5.41, 5.74) is 8.02. The molecule has 1 aliphatic heterocycles. The minimum absolute atomic E-state index is 0.211. The number of aromatic nitrogens is 2. The van der Waals surface area contributed by atoms with Crippen LogP contribution in [-0.2, 0) is 0 Å². The van der Waals surface area contributed by atoms with Crippen LogP contribution in [-0.4, -0.2) is 25.7 Å². The highest BCUT2D eigenvalue weighted by Gasteiger charge is 2.42. The van der Waals surface area contributed by atoms with E-state index in [1.807, 2.05) is 93.6 Å². The Kier molecular flexibility index (Phi) is 7.46. The van der Waals surface area contributed by atoms with E-state index in [1.165, 1.54) is 0 Å². The SMILES string of the molecule is Cc1ccccc1Oc1ccc(N2C(=S)N[C@H](c3ccccn3)[C@H]2c2cc(C)n(-c3cc(C(=O)O)ccc3C)c2C)cc1. The molecule has 0 spiro atoms. The number of carboxylic acid groups (broad SMARTS) is 1. The maximum Gasteiger partial charge on any atom is 0.335 e. The number of carbonyl (C=O) groups is 1. The molecule has 0 amide bonds. The lowest BCUT2D eigenvalue weighted by atomic mass is 9.96. The second kappa shape index (κ2) is 11.4. The van der Waals surface area contributed by atoms with Gasteiger partial charge in [-0.05, 0) is 117 Å². The number of aromatic carboxylic acids is 1. The summed E-state index contributed by atoms with van der Waals surface area (Å²) in [4.78, 5) is 18.6. The maximum absolute atomic E-state index is 11.8. The van der Waals surface area contributed by atoms with E-state index in [9.17, 15) is 9.90 Å². The van der Waals surface area contributed by atoms with Gasteiger partial charge >= 0.3 is 5.97 Å². The van der Waals surface area contributed by atoms with Crippen molar-refractivity contribution in [3.8, 4) is 17.2 Å². The number of nitrogens with one attached hydrogen (secondary N) is 1. The third kappa shape index (κ3) is 5.26. The molecular weight excluding hydrogens is 556 g/mol. The monoisotopic (exact) mass is 588 g/mol. The van der Waals surface area contributed by atoms with Gasteiger partial charge in [0.25, 0.3) is 0 Å². The van der Waals surface area contributed by atoms with Gasteiger partial charge in [-0.2, -0.15) is 0 Å². The Morgan fingerprint density at radius 3 is 2.35 bits per heavy atom. The molecule has 0 bridgehead atoms. The molecule has 43 heavy (non-hydrogen) atoms. The van der Waals surface area contributed by atoms with E-state index in [0.717, 1.165) is 56.6 Å². The molecule has 1 fully saturated rings. The zero-order valence-corrected chi connectivity index (χ0v) is 25.2. The summed E-state index contributed by atoms with van der Waals surface area (Å²) in [6.45, 7) is 8.14. The molecule has 0 aliphatic carbocycles. The Morgan fingerprint density at radius 1 is 0.907 bits per heavy atom. The number of carboxylic acids is 1. The maximum atomic E-state index is 11.8. The molecule has 216 valence electrons. The number of para-hydroxylation sites is 1. The predicted molar refractivity (Wildman–Crippen MR) is 173 cm³/mol. The van der Waals surface area contributed by atoms with Crippen molar-refractivity contribution in [3.63, 3.8) is 0 Å². The van der Waals surface area contributed by atoms with Gasteiger partial charge in [0.2, 0.25) is 0 Å². The molecule has 7 nitrogen and oxygen atoms in total. The zero-order valence-electron chi connectivity index (χ0n) is 24.4. The molecule has 5 aromatic rings. The number of anilines is 1. The normalized spacial score (nSPS) is 16.3. The molecule has 3 aromatic carbocycles. The first kappa shape index (κ1) is 28.2. The van der Waals surface area contributed by atoms with Crippen LogP contribution >= 0.6 is 12.2 Å². The van der Waals surface area contributed by atoms with Gasteiger partial charge in [-0.15, -0.1) is 0 Å². The van der Waals surface area contributed by atoms with Crippen molar-refractivity contribution in [2.45, 2.75) is 39.8 Å². The summed E-state index contributed by atoms with van der Waals surface area (Å²) in [6.07, 6.45) is 1.79. The Bertz CT molecular complexity index is 1830. The molecule has 0 unspecified atom stereocenters. The van der Waals surface area contributed by atoms with Crippen LogP contribution in [0.15, 0.2) is 97.2 Å². The number of benzene rings is 3. The summed E-state index contributed by atoms with van der Waals surface area (Å²) >= 11 is 5.96. The first-order chi connectivity index (χ1) is 20.7. The molecule has 6 rings (SSSR count). The summed E-state index contributed by atoms with van der Waals surface area (Å²) < 4.78 is 8.29. The molecule has 1 aliphatic rings. The van der Waals surface area contributed by atoms with Crippen LogP contribution in [0.5, 0.6) is 11.5 Å². The Labute approximate surface area is 256 Å². The van der Waals surface area contributed by atoms with Crippen molar-refractivity contribution in [1.82, 2.24) is 14.9 Å². The minimum atomic E-state index is -0.953. The quantitative estimate of drug-likeness (QED) is 0.188. The number of hydrogen-bond acceptors (Lipinski definition) is 4. The molecule has 2 atom stereocenters. The topological polar surface area (TPSA) is 79.6 Å². The minimum Gasteiger partial charge on any atom is -0.478 e. The fourth-order valence-electron chi connectivity index (χ4n) is 5.86. The standard InChI is InChI=1S/C35H32N4O3S/c1-21-12-13-25(34(40)41)20-30(21)38-23(3)19-28(24(38)4)33-32(29-10-7-8-18-36-29)37-35(43)39(33)26-14-16-27(17-15-26)42-31-11-6-5-9-22(31)2/h5-20,32-33H,1-4H3,(H,37,43)(H,40,41)/t32-,33-/m1/s1. The molecule has 1 saturated heterocycles. The fourth-order valence-corrected chi connectivity index (χ4v) is 6.21. The number of hydrogen-bond donors (Lipinski definition) is 2. The Morgan fingerprint density at radius 2 is 1.65 bits per heavy atom. The van der Waals surface area contributed by atoms with E-state index in [-0.39, 0.29) is 17.6 Å². The number of rotatable bonds is 7. The summed E-state index contributed by atoms with van der Waals surface area (Å²) in [5, 5.41) is 13.8. The molecule has 8 heteroatoms. The zero-order chi connectivity index (χ0) is 30.2. The average molecular weight is 589 g/mol. The van der Waals surface area contributed by atoms with Crippen LogP contribution in [0.2, 0.25) is 0 Å². The van der Waals surface area contributed by atoms with Gasteiger partial charge in [0.15, 0.2) is 5.11 Å². The summed E-state index contributed by atoms with van der Waals surface area (Å²) in [5.74, 6) is 0.600. The highest BCUT2D eigenvalue weighted by Crippen LogP contribution is 2.44. The van der Waals surface area contributed by atoms with E-state index in [0.29, 0.717) is 5.11 Å². The van der Waals surface area contributed by atoms with Crippen molar-refractivity contribution in [3.05, 3.63) is 137 Å². The Hall–Kier alpha value is -4.95. The second-order valence-electron chi connectivity index (χ2n) is 10.8. The smallest absolute Gasteiger partial charge is 0.335 e. The molecule has 3 heterocycles. The highest BCUT2D eigenvalue weighted by atomic mass is 32.1. The van der Waals surface area contributed by atoms with Gasteiger partial charge in [0.05, 0.1) is 23.3 Å². The number of aryl methyl sites for hydroxylation is 3. The van der Waals surface area contributed by atoms with E-state index >= 15 is 0 Å². The van der Waals surface area contributed by atoms with E-state index in [1.54, 1.807) is 18.3 Å². The highest BCUT2D eigenvalue weighted by molar-refractivity contribution is 7.80. The van der Waals surface area contributed by atoms with E-state index in [2.05, 4.69) is 32.8 Å². The van der Waals surface area contributed by atoms with Crippen LogP contribution in [0.3, 0.4) is 0 Å². The van der Waals surface area contributed by atoms with Crippen molar-refractivity contribution < 1.29 is 14.6 Å². The average Bonchev–Trinajstić information content (AvgIpc) is 3.50. The van der Waals surface area contributed by atoms with Gasteiger partial charge in [0.1, 0.15) is 11.5 Å². The van der Waals surface area contributed by atoms with Crippen molar-refractivity contribution in [2.75, 3.05) is 4.90 Å². The first-order valence-corrected chi connectivity index (χ1v) is 14.5. The summed E-state index contributed by atoms with van der Waals surface area (Å²) in [6, 6.07) is 28.8. The van der Waals surface area contributed by atoms with Gasteiger partial charge in [-0.1, -0.05) is 30.3 Å². The first-order valence-electron chi connectivity index (χ1n) is 14.1. The lowest BCUT2D eigenvalue weighted by Gasteiger charge is -2.28. The van der Waals surface area contributed by atoms with Crippen LogP contribution < -0.4 is 15.0 Å². The van der Waals surface area contributed by atoms with Crippen molar-refractivity contribution in [1.29, 1.82) is 0 Å².